The molecule has 2 unspecified atom stereocenters. The molecule has 2 heterocycles. The minimum absolute atomic E-state index is 0.0542. The van der Waals surface area contributed by atoms with Crippen molar-refractivity contribution in [1.82, 2.24) is 0 Å². The number of rotatable bonds is 4. The Hall–Kier alpha value is -3.06. The second-order valence-corrected chi connectivity index (χ2v) is 9.28. The smallest absolute Gasteiger partial charge is 0.299 e. The fraction of sp³-hybridized carbons (Fsp3) is 0.320. The van der Waals surface area contributed by atoms with Crippen LogP contribution in [0.1, 0.15) is 30.0 Å². The van der Waals surface area contributed by atoms with E-state index in [1.54, 1.807) is 35.9 Å². The molecule has 1 aliphatic carbocycles. The number of methoxy groups -OCH3 is 1. The van der Waals surface area contributed by atoms with Crippen molar-refractivity contribution in [2.75, 3.05) is 24.3 Å². The summed E-state index contributed by atoms with van der Waals surface area (Å²) in [6.45, 7) is 2.86. The minimum atomic E-state index is -0.634. The number of aliphatic imine (C=N–C) groups is 1. The maximum atomic E-state index is 13.2. The lowest BCUT2D eigenvalue weighted by molar-refractivity contribution is -0.132. The van der Waals surface area contributed by atoms with Crippen LogP contribution in [0.3, 0.4) is 0 Å². The van der Waals surface area contributed by atoms with Gasteiger partial charge in [-0.25, -0.2) is 0 Å². The van der Waals surface area contributed by atoms with Crippen LogP contribution in [0.4, 0.5) is 5.69 Å². The van der Waals surface area contributed by atoms with Crippen LogP contribution in [0.25, 0.3) is 5.76 Å². The van der Waals surface area contributed by atoms with E-state index in [-0.39, 0.29) is 17.3 Å². The van der Waals surface area contributed by atoms with Crippen molar-refractivity contribution in [3.8, 4) is 5.75 Å². The molecular formula is C25H24N2O4S. The fourth-order valence-electron chi connectivity index (χ4n) is 4.86. The Balaban J connectivity index is 1.61. The van der Waals surface area contributed by atoms with Crippen LogP contribution in [0.2, 0.25) is 0 Å². The van der Waals surface area contributed by atoms with Gasteiger partial charge in [-0.1, -0.05) is 25.5 Å². The maximum Gasteiger partial charge on any atom is 0.299 e. The number of carbonyl (C=O) groups excluding carboxylic acids is 2. The van der Waals surface area contributed by atoms with Crippen molar-refractivity contribution in [2.45, 2.75) is 25.8 Å². The van der Waals surface area contributed by atoms with Crippen LogP contribution in [0, 0.1) is 5.92 Å². The van der Waals surface area contributed by atoms with Gasteiger partial charge in [0.05, 0.1) is 23.8 Å². The van der Waals surface area contributed by atoms with Crippen LogP contribution >= 0.6 is 11.8 Å². The number of fused-ring (bicyclic) bond motifs is 3. The van der Waals surface area contributed by atoms with Gasteiger partial charge in [-0.2, -0.15) is 0 Å². The molecule has 164 valence electrons. The second kappa shape index (κ2) is 8.13. The van der Waals surface area contributed by atoms with E-state index in [0.717, 1.165) is 40.6 Å². The van der Waals surface area contributed by atoms with Crippen LogP contribution in [0.5, 0.6) is 5.75 Å². The van der Waals surface area contributed by atoms with Crippen LogP contribution in [-0.4, -0.2) is 47.3 Å². The fourth-order valence-corrected chi connectivity index (χ4v) is 5.72. The number of nitrogens with zero attached hydrogens (tertiary/aromatic N) is 2. The normalized spacial score (nSPS) is 22.6. The number of thioether (sulfide) groups is 1. The Labute approximate surface area is 191 Å². The molecular weight excluding hydrogens is 424 g/mol. The topological polar surface area (TPSA) is 79.2 Å². The van der Waals surface area contributed by atoms with Gasteiger partial charge < -0.3 is 9.84 Å². The number of Topliss-reactive ketones (excluding diaryl/α,β-unsaturated/α-hetero) is 1. The van der Waals surface area contributed by atoms with Crippen molar-refractivity contribution in [3.05, 3.63) is 64.7 Å². The first-order chi connectivity index (χ1) is 15.5. The molecule has 2 aliphatic heterocycles. The molecule has 2 aromatic carbocycles. The summed E-state index contributed by atoms with van der Waals surface area (Å²) < 4.78 is 5.52. The molecule has 1 N–H and O–H groups in total. The summed E-state index contributed by atoms with van der Waals surface area (Å²) in [6, 6.07) is 12.5. The summed E-state index contributed by atoms with van der Waals surface area (Å²) in [7, 11) is 1.62. The zero-order chi connectivity index (χ0) is 22.4. The molecule has 0 radical (unpaired) electrons. The number of benzene rings is 2. The summed E-state index contributed by atoms with van der Waals surface area (Å²) >= 11 is 1.72. The van der Waals surface area contributed by atoms with E-state index in [1.165, 1.54) is 0 Å². The van der Waals surface area contributed by atoms with E-state index in [2.05, 4.69) is 4.99 Å². The Morgan fingerprint density at radius 1 is 1.16 bits per heavy atom. The van der Waals surface area contributed by atoms with Gasteiger partial charge in [0.15, 0.2) is 0 Å². The number of ketones is 1. The van der Waals surface area contributed by atoms with Gasteiger partial charge in [0, 0.05) is 29.1 Å². The standard InChI is InChI=1S/C25H24N2O4S/c1-3-14-12-17-13-16(6-9-19(17)31-2)22(28)20-21(14)27(25(30)23(20)29)18-7-4-15(5-8-18)24-26-10-11-32-24/h4-9,13-14,21,28H,3,10-12H2,1-2H3. The molecule has 7 heteroatoms. The summed E-state index contributed by atoms with van der Waals surface area (Å²) in [5, 5.41) is 12.1. The Bertz CT molecular complexity index is 1170. The molecule has 2 atom stereocenters. The molecule has 3 aliphatic rings. The predicted octanol–water partition coefficient (Wildman–Crippen LogP) is 4.02. The van der Waals surface area contributed by atoms with Gasteiger partial charge in [0.2, 0.25) is 0 Å². The van der Waals surface area contributed by atoms with Gasteiger partial charge in [-0.05, 0) is 48.2 Å². The van der Waals surface area contributed by atoms with Gasteiger partial charge in [-0.15, -0.1) is 11.8 Å². The molecule has 1 fully saturated rings. The highest BCUT2D eigenvalue weighted by molar-refractivity contribution is 8.14. The molecule has 0 saturated carbocycles. The van der Waals surface area contributed by atoms with Crippen LogP contribution < -0.4 is 9.64 Å². The van der Waals surface area contributed by atoms with E-state index in [4.69, 9.17) is 4.74 Å². The molecule has 32 heavy (non-hydrogen) atoms. The molecule has 0 aromatic heterocycles. The molecule has 6 nitrogen and oxygen atoms in total. The zero-order valence-corrected chi connectivity index (χ0v) is 18.8. The Morgan fingerprint density at radius 3 is 2.56 bits per heavy atom. The van der Waals surface area contributed by atoms with Gasteiger partial charge in [0.1, 0.15) is 11.5 Å². The average molecular weight is 449 g/mol. The SMILES string of the molecule is CCC1Cc2cc(ccc2OC)C(O)=C2C(=O)C(=O)N(c3ccc(C4=NCCS4)cc3)C21. The summed E-state index contributed by atoms with van der Waals surface area (Å²) in [6.07, 6.45) is 1.37. The number of aliphatic hydroxyl groups is 1. The van der Waals surface area contributed by atoms with Gasteiger partial charge >= 0.3 is 0 Å². The minimum Gasteiger partial charge on any atom is -0.507 e. The molecule has 1 saturated heterocycles. The average Bonchev–Trinajstić information content (AvgIpc) is 3.44. The molecule has 2 aromatic rings. The maximum absolute atomic E-state index is 13.2. The molecule has 2 bridgehead atoms. The van der Waals surface area contributed by atoms with Crippen LogP contribution in [0.15, 0.2) is 53.0 Å². The first kappa shape index (κ1) is 20.8. The summed E-state index contributed by atoms with van der Waals surface area (Å²) in [4.78, 5) is 32.4. The highest BCUT2D eigenvalue weighted by Crippen LogP contribution is 2.42. The summed E-state index contributed by atoms with van der Waals surface area (Å²) in [5.41, 5.74) is 3.35. The quantitative estimate of drug-likeness (QED) is 0.715. The number of ether oxygens (including phenoxy) is 1. The van der Waals surface area contributed by atoms with Crippen molar-refractivity contribution >= 4 is 39.9 Å². The van der Waals surface area contributed by atoms with Gasteiger partial charge in [0.25, 0.3) is 11.7 Å². The third-order valence-electron chi connectivity index (χ3n) is 6.47. The molecule has 0 spiro atoms. The third kappa shape index (κ3) is 3.23. The van der Waals surface area contributed by atoms with E-state index in [9.17, 15) is 14.7 Å². The second-order valence-electron chi connectivity index (χ2n) is 8.19. The first-order valence-corrected chi connectivity index (χ1v) is 11.8. The Kier molecular flexibility index (Phi) is 5.29. The summed E-state index contributed by atoms with van der Waals surface area (Å²) in [5.74, 6) is 0.313. The van der Waals surface area contributed by atoms with Crippen LogP contribution in [-0.2, 0) is 16.0 Å². The number of anilines is 1. The van der Waals surface area contributed by atoms with E-state index in [1.807, 2.05) is 37.3 Å². The van der Waals surface area contributed by atoms with E-state index >= 15 is 0 Å². The zero-order valence-electron chi connectivity index (χ0n) is 18.0. The highest BCUT2D eigenvalue weighted by Gasteiger charge is 2.49. The molecule has 5 rings (SSSR count). The number of carbonyl (C=O) groups is 2. The number of hydrogen-bond donors (Lipinski definition) is 1. The van der Waals surface area contributed by atoms with Crippen molar-refractivity contribution in [3.63, 3.8) is 0 Å². The van der Waals surface area contributed by atoms with Crippen molar-refractivity contribution in [2.24, 2.45) is 10.9 Å². The Morgan fingerprint density at radius 2 is 1.91 bits per heavy atom. The lowest BCUT2D eigenvalue weighted by Gasteiger charge is -2.33. The predicted molar refractivity (Wildman–Crippen MR) is 127 cm³/mol. The van der Waals surface area contributed by atoms with E-state index in [0.29, 0.717) is 17.7 Å². The number of amides is 1. The van der Waals surface area contributed by atoms with Gasteiger partial charge in [-0.3, -0.25) is 19.5 Å². The van der Waals surface area contributed by atoms with E-state index < -0.39 is 17.7 Å². The lowest BCUT2D eigenvalue weighted by Crippen LogP contribution is -2.40. The van der Waals surface area contributed by atoms with Crippen molar-refractivity contribution in [1.29, 1.82) is 0 Å². The lowest BCUT2D eigenvalue weighted by atomic mass is 9.81. The first-order valence-electron chi connectivity index (χ1n) is 10.8. The number of aliphatic hydroxyl groups excluding tert-OH is 1. The third-order valence-corrected chi connectivity index (χ3v) is 7.50. The van der Waals surface area contributed by atoms with Crippen molar-refractivity contribution < 1.29 is 19.4 Å². The monoisotopic (exact) mass is 448 g/mol. The number of hydrogen-bond acceptors (Lipinski definition) is 6. The molecule has 1 amide bonds. The highest BCUT2D eigenvalue weighted by atomic mass is 32.2. The largest absolute Gasteiger partial charge is 0.507 e.